The van der Waals surface area contributed by atoms with Crippen LogP contribution in [0, 0.1) is 12.3 Å². The van der Waals surface area contributed by atoms with Crippen LogP contribution in [-0.4, -0.2) is 64.9 Å². The molecule has 2 aliphatic heterocycles. The predicted molar refractivity (Wildman–Crippen MR) is 140 cm³/mol. The molecule has 15 heteroatoms. The Balaban J connectivity index is 1.48. The molecule has 5 rings (SSSR count). The molecule has 3 aromatic rings. The van der Waals surface area contributed by atoms with Crippen LogP contribution in [0.15, 0.2) is 36.4 Å². The zero-order valence-electron chi connectivity index (χ0n) is 19.9. The predicted octanol–water partition coefficient (Wildman–Crippen LogP) is 2.92. The van der Waals surface area contributed by atoms with Crippen molar-refractivity contribution >= 4 is 62.4 Å². The molecule has 12 nitrogen and oxygen atoms in total. The Bertz CT molecular complexity index is 1580. The average Bonchev–Trinajstić information content (AvgIpc) is 3.57. The van der Waals surface area contributed by atoms with Crippen molar-refractivity contribution < 1.29 is 27.3 Å². The summed E-state index contributed by atoms with van der Waals surface area (Å²) in [7, 11) is -4.66. The number of aryl methyl sites for hydroxylation is 1. The second-order valence-corrected chi connectivity index (χ2v) is 11.8. The second kappa shape index (κ2) is 9.94. The Labute approximate surface area is 226 Å². The highest BCUT2D eigenvalue weighted by Crippen LogP contribution is 2.34. The third kappa shape index (κ3) is 5.07. The van der Waals surface area contributed by atoms with Gasteiger partial charge >= 0.3 is 0 Å². The van der Waals surface area contributed by atoms with Crippen molar-refractivity contribution in [3.05, 3.63) is 68.0 Å². The Morgan fingerprint density at radius 1 is 1.29 bits per heavy atom. The first-order chi connectivity index (χ1) is 18.0. The number of benzene rings is 1. The molecule has 2 N–H and O–H groups in total. The van der Waals surface area contributed by atoms with Gasteiger partial charge in [-0.15, -0.1) is 16.4 Å². The SMILES string of the molecule is Cc1nnc(N(CS(=O)(=O)O)C(=O)c2ccc(Cl)s2)c2c1C(=O)N(Cc1cccc(N3CCOC3=N)c1)C2. The zero-order chi connectivity index (χ0) is 27.2. The van der Waals surface area contributed by atoms with Gasteiger partial charge in [-0.2, -0.15) is 13.5 Å². The van der Waals surface area contributed by atoms with Crippen LogP contribution in [0.4, 0.5) is 11.5 Å². The molecule has 2 aliphatic rings. The minimum absolute atomic E-state index is 0.0349. The number of hydrogen-bond donors (Lipinski definition) is 2. The highest BCUT2D eigenvalue weighted by molar-refractivity contribution is 7.85. The number of nitrogens with one attached hydrogen (secondary N) is 1. The Hall–Kier alpha value is -3.59. The molecule has 0 unspecified atom stereocenters. The van der Waals surface area contributed by atoms with Crippen molar-refractivity contribution in [3.8, 4) is 0 Å². The van der Waals surface area contributed by atoms with Gasteiger partial charge in [0.1, 0.15) is 6.61 Å². The summed E-state index contributed by atoms with van der Waals surface area (Å²) >= 11 is 6.90. The molecule has 0 aliphatic carbocycles. The van der Waals surface area contributed by atoms with Crippen molar-refractivity contribution in [2.75, 3.05) is 28.8 Å². The van der Waals surface area contributed by atoms with E-state index in [1.54, 1.807) is 11.8 Å². The van der Waals surface area contributed by atoms with E-state index >= 15 is 0 Å². The molecule has 2 amide bonds. The number of rotatable bonds is 7. The van der Waals surface area contributed by atoms with Crippen molar-refractivity contribution in [2.24, 2.45) is 0 Å². The van der Waals surface area contributed by atoms with Gasteiger partial charge in [-0.3, -0.25) is 29.4 Å². The van der Waals surface area contributed by atoms with E-state index < -0.39 is 21.9 Å². The van der Waals surface area contributed by atoms with Crippen LogP contribution in [-0.2, 0) is 27.9 Å². The molecule has 198 valence electrons. The first kappa shape index (κ1) is 26.0. The van der Waals surface area contributed by atoms with Gasteiger partial charge in [-0.05, 0) is 36.8 Å². The van der Waals surface area contributed by atoms with E-state index in [0.717, 1.165) is 27.5 Å². The number of carbonyl (C=O) groups excluding carboxylic acids is 2. The van der Waals surface area contributed by atoms with E-state index in [9.17, 15) is 22.6 Å². The maximum absolute atomic E-state index is 13.4. The summed E-state index contributed by atoms with van der Waals surface area (Å²) in [6.07, 6.45) is 0. The fourth-order valence-corrected chi connectivity index (χ4v) is 5.96. The van der Waals surface area contributed by atoms with Gasteiger partial charge in [0.15, 0.2) is 11.7 Å². The number of hydrogen-bond acceptors (Lipinski definition) is 9. The summed E-state index contributed by atoms with van der Waals surface area (Å²) < 4.78 is 38.8. The number of thiophene rings is 1. The lowest BCUT2D eigenvalue weighted by atomic mass is 10.1. The third-order valence-corrected chi connectivity index (χ3v) is 7.85. The molecule has 38 heavy (non-hydrogen) atoms. The molecular weight excluding hydrogens is 556 g/mol. The van der Waals surface area contributed by atoms with E-state index in [2.05, 4.69) is 10.2 Å². The standard InChI is InChI=1S/C23H21ClN6O6S2/c1-13-19-16(20(27-26-13)30(12-38(33,34)35)21(31)17-5-6-18(24)37-17)11-28(22(19)32)10-14-3-2-4-15(9-14)29-7-8-36-23(29)25/h2-6,9,25H,7-8,10-12H2,1H3,(H,33,34,35). The monoisotopic (exact) mass is 576 g/mol. The smallest absolute Gasteiger partial charge is 0.289 e. The fourth-order valence-electron chi connectivity index (χ4n) is 4.41. The number of fused-ring (bicyclic) bond motifs is 1. The fraction of sp³-hybridized carbons (Fsp3) is 0.261. The molecule has 1 aromatic carbocycles. The number of amidine groups is 1. The number of carbonyl (C=O) groups is 2. The molecule has 0 radical (unpaired) electrons. The molecule has 0 saturated carbocycles. The highest BCUT2D eigenvalue weighted by Gasteiger charge is 2.37. The van der Waals surface area contributed by atoms with Crippen molar-refractivity contribution in [2.45, 2.75) is 20.0 Å². The van der Waals surface area contributed by atoms with E-state index in [1.165, 1.54) is 17.0 Å². The largest absolute Gasteiger partial charge is 0.463 e. The summed E-state index contributed by atoms with van der Waals surface area (Å²) in [5.74, 6) is -2.32. The molecule has 1 fully saturated rings. The number of aromatic nitrogens is 2. The first-order valence-corrected chi connectivity index (χ1v) is 14.1. The molecule has 2 aromatic heterocycles. The first-order valence-electron chi connectivity index (χ1n) is 11.3. The van der Waals surface area contributed by atoms with Gasteiger partial charge in [0.25, 0.3) is 28.0 Å². The van der Waals surface area contributed by atoms with Crippen LogP contribution < -0.4 is 9.80 Å². The quantitative estimate of drug-likeness (QED) is 0.403. The lowest BCUT2D eigenvalue weighted by Crippen LogP contribution is -2.37. The Morgan fingerprint density at radius 3 is 2.74 bits per heavy atom. The number of anilines is 2. The lowest BCUT2D eigenvalue weighted by Gasteiger charge is -2.22. The normalized spacial score (nSPS) is 15.1. The third-order valence-electron chi connectivity index (χ3n) is 6.05. The average molecular weight is 577 g/mol. The molecule has 0 bridgehead atoms. The second-order valence-electron chi connectivity index (χ2n) is 8.65. The number of nitrogens with zero attached hydrogens (tertiary/aromatic N) is 5. The Morgan fingerprint density at radius 2 is 2.08 bits per heavy atom. The van der Waals surface area contributed by atoms with Crippen molar-refractivity contribution in [3.63, 3.8) is 0 Å². The van der Waals surface area contributed by atoms with E-state index in [4.69, 9.17) is 21.7 Å². The Kier molecular flexibility index (Phi) is 6.81. The summed E-state index contributed by atoms with van der Waals surface area (Å²) in [6.45, 7) is 2.80. The van der Waals surface area contributed by atoms with Crippen LogP contribution in [0.25, 0.3) is 0 Å². The number of ether oxygens (including phenoxy) is 1. The maximum atomic E-state index is 13.4. The van der Waals surface area contributed by atoms with Crippen LogP contribution >= 0.6 is 22.9 Å². The minimum Gasteiger partial charge on any atom is -0.463 e. The number of amides is 2. The zero-order valence-corrected chi connectivity index (χ0v) is 22.3. The van der Waals surface area contributed by atoms with Crippen LogP contribution in [0.5, 0.6) is 0 Å². The topological polar surface area (TPSA) is 157 Å². The minimum atomic E-state index is -4.66. The molecule has 1 saturated heterocycles. The van der Waals surface area contributed by atoms with Gasteiger partial charge < -0.3 is 9.64 Å². The van der Waals surface area contributed by atoms with Crippen LogP contribution in [0.1, 0.15) is 36.9 Å². The summed E-state index contributed by atoms with van der Waals surface area (Å²) in [5.41, 5.74) is 2.42. The summed E-state index contributed by atoms with van der Waals surface area (Å²) in [5, 5.41) is 16.0. The van der Waals surface area contributed by atoms with Crippen molar-refractivity contribution in [1.29, 1.82) is 5.41 Å². The van der Waals surface area contributed by atoms with Crippen molar-refractivity contribution in [1.82, 2.24) is 15.1 Å². The molecule has 0 atom stereocenters. The lowest BCUT2D eigenvalue weighted by molar-refractivity contribution is 0.0766. The van der Waals surface area contributed by atoms with E-state index in [-0.39, 0.29) is 41.3 Å². The van der Waals surface area contributed by atoms with Gasteiger partial charge in [0.05, 0.1) is 33.6 Å². The molecular formula is C23H21ClN6O6S2. The van der Waals surface area contributed by atoms with Gasteiger partial charge in [-0.1, -0.05) is 23.7 Å². The van der Waals surface area contributed by atoms with Gasteiger partial charge in [-0.25, -0.2) is 0 Å². The van der Waals surface area contributed by atoms with Gasteiger partial charge in [0, 0.05) is 17.8 Å². The van der Waals surface area contributed by atoms with Crippen LogP contribution in [0.3, 0.4) is 0 Å². The summed E-state index contributed by atoms with van der Waals surface area (Å²) in [6, 6.07) is 10.4. The van der Waals surface area contributed by atoms with E-state index in [0.29, 0.717) is 28.7 Å². The van der Waals surface area contributed by atoms with Gasteiger partial charge in [0.2, 0.25) is 0 Å². The van der Waals surface area contributed by atoms with E-state index in [1.807, 2.05) is 24.3 Å². The highest BCUT2D eigenvalue weighted by atomic mass is 35.5. The molecule has 4 heterocycles. The molecule has 0 spiro atoms. The van der Waals surface area contributed by atoms with Crippen LogP contribution in [0.2, 0.25) is 4.34 Å². The number of halogens is 1. The summed E-state index contributed by atoms with van der Waals surface area (Å²) in [4.78, 5) is 30.9. The maximum Gasteiger partial charge on any atom is 0.289 e.